The number of rotatable bonds is 3. The van der Waals surface area contributed by atoms with Crippen LogP contribution >= 0.6 is 0 Å². The molecule has 6 heteroatoms. The van der Waals surface area contributed by atoms with Gasteiger partial charge in [0.15, 0.2) is 0 Å². The van der Waals surface area contributed by atoms with E-state index in [-0.39, 0.29) is 5.91 Å². The lowest BCUT2D eigenvalue weighted by atomic mass is 10.0. The number of fused-ring (bicyclic) bond motifs is 1. The van der Waals surface area contributed by atoms with E-state index in [1.54, 1.807) is 0 Å². The van der Waals surface area contributed by atoms with E-state index < -0.39 is 0 Å². The van der Waals surface area contributed by atoms with Crippen molar-refractivity contribution in [2.45, 2.75) is 51.6 Å². The third-order valence-electron chi connectivity index (χ3n) is 5.17. The van der Waals surface area contributed by atoms with Gasteiger partial charge in [-0.15, -0.1) is 10.2 Å². The molecule has 0 aromatic carbocycles. The van der Waals surface area contributed by atoms with E-state index in [1.165, 1.54) is 25.1 Å². The summed E-state index contributed by atoms with van der Waals surface area (Å²) >= 11 is 0. The molecule has 1 aromatic heterocycles. The first-order chi connectivity index (χ1) is 10.7. The Hall–Kier alpha value is -1.43. The fourth-order valence-electron chi connectivity index (χ4n) is 3.72. The number of piperidine rings is 1. The Balaban J connectivity index is 1.37. The lowest BCUT2D eigenvalue weighted by molar-refractivity contribution is -0.134. The Morgan fingerprint density at radius 2 is 2.05 bits per heavy atom. The van der Waals surface area contributed by atoms with Gasteiger partial charge in [-0.25, -0.2) is 0 Å². The van der Waals surface area contributed by atoms with Crippen LogP contribution in [0.25, 0.3) is 0 Å². The second-order valence-electron chi connectivity index (χ2n) is 7.20. The molecule has 3 heterocycles. The average molecular weight is 303 g/mol. The number of carbonyl (C=O) groups excluding carboxylic acids is 1. The van der Waals surface area contributed by atoms with Crippen molar-refractivity contribution in [1.82, 2.24) is 24.6 Å². The van der Waals surface area contributed by atoms with Crippen molar-refractivity contribution in [1.29, 1.82) is 0 Å². The molecule has 0 unspecified atom stereocenters. The monoisotopic (exact) mass is 303 g/mol. The Labute approximate surface area is 131 Å². The van der Waals surface area contributed by atoms with Gasteiger partial charge in [0.1, 0.15) is 11.6 Å². The minimum Gasteiger partial charge on any atom is -0.341 e. The molecule has 0 N–H and O–H groups in total. The molecule has 1 saturated heterocycles. The van der Waals surface area contributed by atoms with Crippen molar-refractivity contribution >= 4 is 5.91 Å². The smallest absolute Gasteiger partial charge is 0.236 e. The van der Waals surface area contributed by atoms with E-state index in [1.807, 2.05) is 4.90 Å². The molecule has 3 aliphatic rings. The number of hydrogen-bond acceptors (Lipinski definition) is 4. The summed E-state index contributed by atoms with van der Waals surface area (Å²) in [5.41, 5.74) is 0. The lowest BCUT2D eigenvalue weighted by Crippen LogP contribution is -2.46. The zero-order valence-electron chi connectivity index (χ0n) is 13.4. The van der Waals surface area contributed by atoms with Crippen LogP contribution in [-0.4, -0.2) is 56.7 Å². The Morgan fingerprint density at radius 1 is 1.18 bits per heavy atom. The average Bonchev–Trinajstić information content (AvgIpc) is 3.27. The molecule has 1 atom stereocenters. The SMILES string of the molecule is C[C@H]1CCCN(C(=O)CN2CCn3c(nnc3C3CC3)C2)C1. The van der Waals surface area contributed by atoms with E-state index in [4.69, 9.17) is 0 Å². The van der Waals surface area contributed by atoms with Crippen LogP contribution in [0.4, 0.5) is 0 Å². The molecule has 2 fully saturated rings. The zero-order chi connectivity index (χ0) is 15.1. The zero-order valence-corrected chi connectivity index (χ0v) is 13.4. The third kappa shape index (κ3) is 2.76. The number of carbonyl (C=O) groups is 1. The van der Waals surface area contributed by atoms with E-state index >= 15 is 0 Å². The van der Waals surface area contributed by atoms with Gasteiger partial charge in [-0.05, 0) is 31.6 Å². The van der Waals surface area contributed by atoms with Gasteiger partial charge < -0.3 is 9.47 Å². The quantitative estimate of drug-likeness (QED) is 0.843. The maximum Gasteiger partial charge on any atom is 0.236 e. The molecule has 1 aromatic rings. The van der Waals surface area contributed by atoms with Crippen molar-refractivity contribution < 1.29 is 4.79 Å². The minimum absolute atomic E-state index is 0.280. The molecular weight excluding hydrogens is 278 g/mol. The second kappa shape index (κ2) is 5.65. The number of hydrogen-bond donors (Lipinski definition) is 0. The molecule has 0 spiro atoms. The standard InChI is InChI=1S/C16H25N5O/c1-12-3-2-6-20(9-12)15(22)11-19-7-8-21-14(10-19)17-18-16(21)13-4-5-13/h12-13H,2-11H2,1H3/t12-/m0/s1. The van der Waals surface area contributed by atoms with Crippen LogP contribution in [0.5, 0.6) is 0 Å². The maximum atomic E-state index is 12.5. The van der Waals surface area contributed by atoms with E-state index in [0.29, 0.717) is 18.4 Å². The predicted octanol–water partition coefficient (Wildman–Crippen LogP) is 1.23. The van der Waals surface area contributed by atoms with Crippen LogP contribution in [0.3, 0.4) is 0 Å². The number of nitrogens with zero attached hydrogens (tertiary/aromatic N) is 5. The fraction of sp³-hybridized carbons (Fsp3) is 0.812. The molecule has 0 radical (unpaired) electrons. The van der Waals surface area contributed by atoms with Crippen molar-refractivity contribution in [2.75, 3.05) is 26.2 Å². The summed E-state index contributed by atoms with van der Waals surface area (Å²) in [7, 11) is 0. The molecule has 0 bridgehead atoms. The normalized spacial score (nSPS) is 26.0. The molecule has 6 nitrogen and oxygen atoms in total. The van der Waals surface area contributed by atoms with Gasteiger partial charge in [-0.3, -0.25) is 9.69 Å². The summed E-state index contributed by atoms with van der Waals surface area (Å²) in [6.07, 6.45) is 4.91. The molecule has 2 aliphatic heterocycles. The summed E-state index contributed by atoms with van der Waals surface area (Å²) in [5.74, 6) is 3.77. The molecule has 120 valence electrons. The number of likely N-dealkylation sites (tertiary alicyclic amines) is 1. The topological polar surface area (TPSA) is 54.3 Å². The van der Waals surface area contributed by atoms with Gasteiger partial charge in [0.25, 0.3) is 0 Å². The molecule has 22 heavy (non-hydrogen) atoms. The first-order valence-corrected chi connectivity index (χ1v) is 8.63. The van der Waals surface area contributed by atoms with E-state index in [2.05, 4.69) is 26.6 Å². The van der Waals surface area contributed by atoms with E-state index in [0.717, 1.165) is 45.0 Å². The van der Waals surface area contributed by atoms with Gasteiger partial charge in [0.2, 0.25) is 5.91 Å². The van der Waals surface area contributed by atoms with Gasteiger partial charge in [0, 0.05) is 32.1 Å². The van der Waals surface area contributed by atoms with Crippen LogP contribution in [0.15, 0.2) is 0 Å². The van der Waals surface area contributed by atoms with Gasteiger partial charge in [0.05, 0.1) is 13.1 Å². The maximum absolute atomic E-state index is 12.5. The van der Waals surface area contributed by atoms with Crippen LogP contribution in [0.1, 0.15) is 50.2 Å². The summed E-state index contributed by atoms with van der Waals surface area (Å²) in [6, 6.07) is 0. The second-order valence-corrected chi connectivity index (χ2v) is 7.20. The van der Waals surface area contributed by atoms with Crippen molar-refractivity contribution in [2.24, 2.45) is 5.92 Å². The lowest BCUT2D eigenvalue weighted by Gasteiger charge is -2.34. The molecular formula is C16H25N5O. The highest BCUT2D eigenvalue weighted by Crippen LogP contribution is 2.39. The Morgan fingerprint density at radius 3 is 2.82 bits per heavy atom. The summed E-state index contributed by atoms with van der Waals surface area (Å²) in [6.45, 7) is 7.24. The Kier molecular flexibility index (Phi) is 3.64. The summed E-state index contributed by atoms with van der Waals surface area (Å²) in [4.78, 5) is 16.8. The van der Waals surface area contributed by atoms with Gasteiger partial charge >= 0.3 is 0 Å². The molecule has 1 amide bonds. The molecule has 1 saturated carbocycles. The first-order valence-electron chi connectivity index (χ1n) is 8.63. The summed E-state index contributed by atoms with van der Waals surface area (Å²) < 4.78 is 2.28. The summed E-state index contributed by atoms with van der Waals surface area (Å²) in [5, 5.41) is 8.71. The van der Waals surface area contributed by atoms with Crippen LogP contribution in [0, 0.1) is 5.92 Å². The van der Waals surface area contributed by atoms with Gasteiger partial charge in [-0.2, -0.15) is 0 Å². The first kappa shape index (κ1) is 14.2. The van der Waals surface area contributed by atoms with Crippen molar-refractivity contribution in [3.63, 3.8) is 0 Å². The van der Waals surface area contributed by atoms with E-state index in [9.17, 15) is 4.79 Å². The van der Waals surface area contributed by atoms with Gasteiger partial charge in [-0.1, -0.05) is 6.92 Å². The third-order valence-corrected chi connectivity index (χ3v) is 5.17. The number of amides is 1. The minimum atomic E-state index is 0.280. The highest BCUT2D eigenvalue weighted by molar-refractivity contribution is 5.78. The molecule has 1 aliphatic carbocycles. The fourth-order valence-corrected chi connectivity index (χ4v) is 3.72. The predicted molar refractivity (Wildman–Crippen MR) is 82.3 cm³/mol. The molecule has 4 rings (SSSR count). The number of aromatic nitrogens is 3. The highest BCUT2D eigenvalue weighted by Gasteiger charge is 2.32. The van der Waals surface area contributed by atoms with Crippen LogP contribution in [-0.2, 0) is 17.9 Å². The van der Waals surface area contributed by atoms with Crippen LogP contribution in [0.2, 0.25) is 0 Å². The highest BCUT2D eigenvalue weighted by atomic mass is 16.2. The Bertz CT molecular complexity index is 565. The van der Waals surface area contributed by atoms with Crippen molar-refractivity contribution in [3.8, 4) is 0 Å². The van der Waals surface area contributed by atoms with Crippen LogP contribution < -0.4 is 0 Å². The van der Waals surface area contributed by atoms with Crippen molar-refractivity contribution in [3.05, 3.63) is 11.6 Å². The largest absolute Gasteiger partial charge is 0.341 e.